The maximum atomic E-state index is 11.0. The Balaban J connectivity index is 0.000000596. The topological polar surface area (TPSA) is 91.4 Å². The van der Waals surface area contributed by atoms with Crippen LogP contribution in [0.15, 0.2) is 46.9 Å². The van der Waals surface area contributed by atoms with E-state index in [1.165, 1.54) is 11.1 Å². The van der Waals surface area contributed by atoms with Crippen molar-refractivity contribution in [1.82, 2.24) is 0 Å². The van der Waals surface area contributed by atoms with Crippen molar-refractivity contribution in [3.63, 3.8) is 0 Å². The highest BCUT2D eigenvalue weighted by atomic mass is 32.2. The average Bonchev–Trinajstić information content (AvgIpc) is 2.97. The molecule has 0 aliphatic heterocycles. The Kier molecular flexibility index (Phi) is 7.33. The lowest BCUT2D eigenvalue weighted by Crippen LogP contribution is -2.02. The number of nitrogens with one attached hydrogen (secondary N) is 1. The number of hydrogen-bond acceptors (Lipinski definition) is 5. The lowest BCUT2D eigenvalue weighted by molar-refractivity contribution is 0.218. The van der Waals surface area contributed by atoms with Gasteiger partial charge in [0, 0.05) is 17.4 Å². The third-order valence-corrected chi connectivity index (χ3v) is 4.38. The summed E-state index contributed by atoms with van der Waals surface area (Å²) in [7, 11) is -2.61. The Morgan fingerprint density at radius 3 is 2.26 bits per heavy atom. The minimum atomic E-state index is -2.61. The second-order valence-electron chi connectivity index (χ2n) is 6.59. The fraction of sp³-hybridized carbons (Fsp3) is 0.333. The van der Waals surface area contributed by atoms with E-state index in [-0.39, 0.29) is 0 Å². The van der Waals surface area contributed by atoms with Crippen LogP contribution in [0.2, 0.25) is 0 Å². The van der Waals surface area contributed by atoms with Crippen molar-refractivity contribution < 1.29 is 17.9 Å². The van der Waals surface area contributed by atoms with Crippen LogP contribution >= 0.6 is 0 Å². The summed E-state index contributed by atoms with van der Waals surface area (Å²) in [6.07, 6.45) is 2.39. The van der Waals surface area contributed by atoms with E-state index in [0.717, 1.165) is 47.1 Å². The van der Waals surface area contributed by atoms with E-state index in [1.807, 2.05) is 30.3 Å². The van der Waals surface area contributed by atoms with Gasteiger partial charge in [-0.25, -0.2) is 0 Å². The van der Waals surface area contributed by atoms with Gasteiger partial charge < -0.3 is 9.52 Å². The number of furan rings is 1. The predicted octanol–water partition coefficient (Wildman–Crippen LogP) is 5.10. The Bertz CT molecular complexity index is 998. The molecule has 1 aromatic heterocycles. The summed E-state index contributed by atoms with van der Waals surface area (Å²) in [6, 6.07) is 14.2. The van der Waals surface area contributed by atoms with Gasteiger partial charge in [0.1, 0.15) is 17.4 Å². The molecule has 0 fully saturated rings. The van der Waals surface area contributed by atoms with Crippen LogP contribution in [0.3, 0.4) is 0 Å². The molecular formula is C21H25NO4S. The number of fused-ring (bicyclic) bond motifs is 1. The molecule has 6 heteroatoms. The third kappa shape index (κ3) is 5.52. The summed E-state index contributed by atoms with van der Waals surface area (Å²) in [4.78, 5) is 0. The normalized spacial score (nSPS) is 11.7. The number of aliphatic hydroxyl groups excluding tert-OH is 1. The quantitative estimate of drug-likeness (QED) is 0.637. The first-order valence-corrected chi connectivity index (χ1v) is 9.98. The smallest absolute Gasteiger partial charge is 0.308 e. The highest BCUT2D eigenvalue weighted by Crippen LogP contribution is 2.35. The summed E-state index contributed by atoms with van der Waals surface area (Å²) >= 11 is 0. The van der Waals surface area contributed by atoms with E-state index in [0.29, 0.717) is 0 Å². The molecule has 5 nitrogen and oxygen atoms in total. The van der Waals surface area contributed by atoms with Gasteiger partial charge in [-0.1, -0.05) is 54.8 Å². The van der Waals surface area contributed by atoms with Crippen molar-refractivity contribution in [3.05, 3.63) is 70.5 Å². The van der Waals surface area contributed by atoms with Crippen molar-refractivity contribution in [2.45, 2.75) is 46.1 Å². The Labute approximate surface area is 161 Å². The van der Waals surface area contributed by atoms with Gasteiger partial charge in [0.25, 0.3) is 0 Å². The van der Waals surface area contributed by atoms with Gasteiger partial charge in [0.2, 0.25) is 0 Å². The fourth-order valence-electron chi connectivity index (χ4n) is 3.02. The second-order valence-corrected chi connectivity index (χ2v) is 7.06. The first-order chi connectivity index (χ1) is 12.8. The van der Waals surface area contributed by atoms with E-state index in [1.54, 1.807) is 0 Å². The van der Waals surface area contributed by atoms with Gasteiger partial charge in [0.05, 0.1) is 0 Å². The minimum Gasteiger partial charge on any atom is -0.461 e. The number of aryl methyl sites for hydroxylation is 3. The van der Waals surface area contributed by atoms with Crippen LogP contribution in [0.4, 0.5) is 0 Å². The van der Waals surface area contributed by atoms with Gasteiger partial charge in [0.15, 0.2) is 0 Å². The van der Waals surface area contributed by atoms with Crippen LogP contribution in [-0.2, 0) is 16.9 Å². The molecule has 0 aliphatic rings. The molecule has 1 unspecified atom stereocenters. The second kappa shape index (κ2) is 9.48. The zero-order valence-electron chi connectivity index (χ0n) is 15.8. The Hall–Kier alpha value is -2.44. The van der Waals surface area contributed by atoms with E-state index in [9.17, 15) is 5.11 Å². The molecule has 3 aromatic rings. The van der Waals surface area contributed by atoms with Crippen molar-refractivity contribution >= 4 is 21.5 Å². The van der Waals surface area contributed by atoms with Crippen molar-refractivity contribution in [1.29, 1.82) is 4.78 Å². The number of hydrogen-bond donors (Lipinski definition) is 2. The lowest BCUT2D eigenvalue weighted by Gasteiger charge is -2.12. The van der Waals surface area contributed by atoms with Gasteiger partial charge >= 0.3 is 10.5 Å². The first-order valence-electron chi connectivity index (χ1n) is 8.90. The molecule has 0 saturated carbocycles. The van der Waals surface area contributed by atoms with E-state index in [2.05, 4.69) is 32.9 Å². The molecule has 144 valence electrons. The molecule has 0 radical (unpaired) electrons. The monoisotopic (exact) mass is 387 g/mol. The van der Waals surface area contributed by atoms with E-state index in [4.69, 9.17) is 17.6 Å². The molecule has 3 rings (SSSR count). The number of rotatable bonds is 5. The summed E-state index contributed by atoms with van der Waals surface area (Å²) in [5.41, 5.74) is 5.08. The van der Waals surface area contributed by atoms with Crippen LogP contribution in [0.1, 0.15) is 53.9 Å². The number of unbranched alkanes of at least 4 members (excludes halogenated alkanes) is 1. The Morgan fingerprint density at radius 1 is 1.07 bits per heavy atom. The largest absolute Gasteiger partial charge is 0.461 e. The van der Waals surface area contributed by atoms with E-state index < -0.39 is 16.6 Å². The van der Waals surface area contributed by atoms with Crippen LogP contribution < -0.4 is 0 Å². The molecular weight excluding hydrogens is 362 g/mol. The molecule has 27 heavy (non-hydrogen) atoms. The standard InChI is InChI=1S/C21H24O2.HNO2S/c1-4-5-6-19-20(17-13-15(3)9-12-18(17)23-19)21(22)16-10-7-14(2)8-11-16;1-4(2)3/h7-13,21-22H,4-6H2,1-3H3;1H. The average molecular weight is 388 g/mol. The zero-order chi connectivity index (χ0) is 20.0. The van der Waals surface area contributed by atoms with Crippen LogP contribution in [0.5, 0.6) is 0 Å². The van der Waals surface area contributed by atoms with Crippen molar-refractivity contribution in [2.75, 3.05) is 0 Å². The van der Waals surface area contributed by atoms with Gasteiger partial charge in [-0.15, -0.1) is 0 Å². The summed E-state index contributed by atoms with van der Waals surface area (Å²) in [5, 5.41) is 12.0. The molecule has 2 N–H and O–H groups in total. The lowest BCUT2D eigenvalue weighted by atomic mass is 9.96. The molecule has 0 spiro atoms. The van der Waals surface area contributed by atoms with Crippen molar-refractivity contribution in [2.24, 2.45) is 0 Å². The minimum absolute atomic E-state index is 0.648. The maximum Gasteiger partial charge on any atom is 0.308 e. The summed E-state index contributed by atoms with van der Waals surface area (Å²) < 4.78 is 28.9. The molecule has 0 amide bonds. The number of benzene rings is 2. The highest BCUT2D eigenvalue weighted by Gasteiger charge is 2.22. The summed E-state index contributed by atoms with van der Waals surface area (Å²) in [6.45, 7) is 6.29. The van der Waals surface area contributed by atoms with Gasteiger partial charge in [-0.2, -0.15) is 13.2 Å². The van der Waals surface area contributed by atoms with Crippen LogP contribution in [0.25, 0.3) is 11.0 Å². The molecule has 1 atom stereocenters. The molecule has 1 heterocycles. The first kappa shape index (κ1) is 20.9. The molecule has 0 aliphatic carbocycles. The molecule has 0 bridgehead atoms. The Morgan fingerprint density at radius 2 is 1.67 bits per heavy atom. The van der Waals surface area contributed by atoms with Crippen molar-refractivity contribution in [3.8, 4) is 0 Å². The van der Waals surface area contributed by atoms with Crippen LogP contribution in [0, 0.1) is 18.6 Å². The van der Waals surface area contributed by atoms with Crippen LogP contribution in [-0.4, -0.2) is 13.5 Å². The summed E-state index contributed by atoms with van der Waals surface area (Å²) in [5.74, 6) is 0.917. The predicted molar refractivity (Wildman–Crippen MR) is 106 cm³/mol. The fourth-order valence-corrected chi connectivity index (χ4v) is 3.02. The highest BCUT2D eigenvalue weighted by molar-refractivity contribution is 7.60. The SMILES string of the molecule is CCCCc1oc2ccc(C)cc2c1C(O)c1ccc(C)cc1.N=S(=O)=O. The molecule has 2 aromatic carbocycles. The maximum absolute atomic E-state index is 11.0. The third-order valence-electron chi connectivity index (χ3n) is 4.38. The zero-order valence-corrected chi connectivity index (χ0v) is 16.6. The molecule has 0 saturated heterocycles. The van der Waals surface area contributed by atoms with Gasteiger partial charge in [-0.05, 0) is 38.0 Å². The number of aliphatic hydroxyl groups is 1. The van der Waals surface area contributed by atoms with E-state index >= 15 is 0 Å². The van der Waals surface area contributed by atoms with Gasteiger partial charge in [-0.3, -0.25) is 0 Å².